The van der Waals surface area contributed by atoms with Crippen LogP contribution < -0.4 is 9.64 Å². The number of nitrogens with zero attached hydrogens (tertiary/aromatic N) is 5. The van der Waals surface area contributed by atoms with Crippen molar-refractivity contribution in [2.75, 3.05) is 44.7 Å². The Morgan fingerprint density at radius 3 is 2.73 bits per heavy atom. The van der Waals surface area contributed by atoms with Gasteiger partial charge in [0, 0.05) is 40.2 Å². The largest absolute Gasteiger partial charge is 0.477 e. The lowest BCUT2D eigenvalue weighted by molar-refractivity contribution is -0.140. The van der Waals surface area contributed by atoms with Gasteiger partial charge in [-0.3, -0.25) is 9.69 Å². The van der Waals surface area contributed by atoms with E-state index in [2.05, 4.69) is 19.9 Å². The molecule has 2 aliphatic heterocycles. The van der Waals surface area contributed by atoms with E-state index in [1.165, 1.54) is 0 Å². The summed E-state index contributed by atoms with van der Waals surface area (Å²) in [5, 5.41) is 3.93. The van der Waals surface area contributed by atoms with Crippen molar-refractivity contribution >= 4 is 11.6 Å². The van der Waals surface area contributed by atoms with E-state index in [4.69, 9.17) is 9.26 Å². The maximum atomic E-state index is 12.9. The first kappa shape index (κ1) is 16.8. The molecule has 0 bridgehead atoms. The van der Waals surface area contributed by atoms with Crippen LogP contribution in [0.2, 0.25) is 0 Å². The lowest BCUT2D eigenvalue weighted by Gasteiger charge is -2.38. The number of benzene rings is 1. The molecule has 1 amide bonds. The second-order valence-electron chi connectivity index (χ2n) is 6.79. The number of carbonyl (C=O) groups excluding carboxylic acids is 1. The molecule has 0 spiro atoms. The summed E-state index contributed by atoms with van der Waals surface area (Å²) in [6, 6.07) is 7.83. The van der Waals surface area contributed by atoms with E-state index >= 15 is 0 Å². The Morgan fingerprint density at radius 1 is 1.23 bits per heavy atom. The van der Waals surface area contributed by atoms with Crippen molar-refractivity contribution < 1.29 is 14.1 Å². The van der Waals surface area contributed by atoms with Gasteiger partial charge in [-0.25, -0.2) is 0 Å². The first-order valence-electron chi connectivity index (χ1n) is 8.87. The van der Waals surface area contributed by atoms with Crippen LogP contribution in [-0.2, 0) is 11.3 Å². The smallest absolute Gasteiger partial charge is 0.265 e. The third-order valence-corrected chi connectivity index (χ3v) is 4.88. The number of piperazine rings is 1. The Morgan fingerprint density at radius 2 is 2.00 bits per heavy atom. The summed E-state index contributed by atoms with van der Waals surface area (Å²) in [5.41, 5.74) is 1.02. The van der Waals surface area contributed by atoms with Crippen molar-refractivity contribution in [2.24, 2.45) is 0 Å². The highest BCUT2D eigenvalue weighted by atomic mass is 16.5. The predicted octanol–water partition coefficient (Wildman–Crippen LogP) is 0.920. The highest BCUT2D eigenvalue weighted by molar-refractivity contribution is 5.83. The van der Waals surface area contributed by atoms with Crippen LogP contribution >= 0.6 is 0 Å². The number of hydrogen-bond donors (Lipinski definition) is 0. The van der Waals surface area contributed by atoms with Gasteiger partial charge in [-0.15, -0.1) is 0 Å². The fraction of sp³-hybridized carbons (Fsp3) is 0.500. The Labute approximate surface area is 152 Å². The topological polar surface area (TPSA) is 74.9 Å². The SMILES string of the molecule is Cc1nc(CN2CCN(C(=O)[C@@H]3CN(C)c4ccccc4O3)CC2)no1. The van der Waals surface area contributed by atoms with Gasteiger partial charge in [0.25, 0.3) is 5.91 Å². The number of amides is 1. The number of anilines is 1. The van der Waals surface area contributed by atoms with E-state index in [-0.39, 0.29) is 5.91 Å². The van der Waals surface area contributed by atoms with Gasteiger partial charge in [0.2, 0.25) is 5.89 Å². The average molecular weight is 357 g/mol. The van der Waals surface area contributed by atoms with Gasteiger partial charge in [0.1, 0.15) is 5.75 Å². The summed E-state index contributed by atoms with van der Waals surface area (Å²) < 4.78 is 11.0. The van der Waals surface area contributed by atoms with Gasteiger partial charge in [-0.1, -0.05) is 17.3 Å². The normalized spacial score (nSPS) is 20.6. The summed E-state index contributed by atoms with van der Waals surface area (Å²) in [6.45, 7) is 5.94. The van der Waals surface area contributed by atoms with Crippen LogP contribution in [0.3, 0.4) is 0 Å². The zero-order valence-corrected chi connectivity index (χ0v) is 15.1. The summed E-state index contributed by atoms with van der Waals surface area (Å²) in [4.78, 5) is 23.3. The van der Waals surface area contributed by atoms with Gasteiger partial charge in [-0.2, -0.15) is 4.98 Å². The highest BCUT2D eigenvalue weighted by Gasteiger charge is 2.33. The molecule has 1 aromatic heterocycles. The number of likely N-dealkylation sites (N-methyl/N-ethyl adjacent to an activating group) is 1. The first-order valence-corrected chi connectivity index (χ1v) is 8.87. The molecule has 1 aromatic carbocycles. The van der Waals surface area contributed by atoms with Crippen molar-refractivity contribution in [2.45, 2.75) is 19.6 Å². The quantitative estimate of drug-likeness (QED) is 0.808. The van der Waals surface area contributed by atoms with Crippen molar-refractivity contribution in [3.63, 3.8) is 0 Å². The van der Waals surface area contributed by atoms with E-state index < -0.39 is 6.10 Å². The van der Waals surface area contributed by atoms with Crippen molar-refractivity contribution in [1.82, 2.24) is 19.9 Å². The van der Waals surface area contributed by atoms with E-state index in [1.807, 2.05) is 36.2 Å². The number of para-hydroxylation sites is 2. The van der Waals surface area contributed by atoms with Crippen molar-refractivity contribution in [3.05, 3.63) is 36.0 Å². The molecule has 1 fully saturated rings. The van der Waals surface area contributed by atoms with Crippen molar-refractivity contribution in [1.29, 1.82) is 0 Å². The van der Waals surface area contributed by atoms with Crippen LogP contribution in [0.25, 0.3) is 0 Å². The summed E-state index contributed by atoms with van der Waals surface area (Å²) in [6.07, 6.45) is -0.457. The molecule has 0 N–H and O–H groups in total. The van der Waals surface area contributed by atoms with Gasteiger partial charge < -0.3 is 19.1 Å². The minimum atomic E-state index is -0.457. The number of aromatic nitrogens is 2. The average Bonchev–Trinajstić information content (AvgIpc) is 3.06. The number of fused-ring (bicyclic) bond motifs is 1. The van der Waals surface area contributed by atoms with E-state index in [9.17, 15) is 4.79 Å². The van der Waals surface area contributed by atoms with Crippen LogP contribution in [0.5, 0.6) is 5.75 Å². The monoisotopic (exact) mass is 357 g/mol. The highest BCUT2D eigenvalue weighted by Crippen LogP contribution is 2.32. The molecular formula is C18H23N5O3. The molecule has 8 heteroatoms. The Balaban J connectivity index is 1.34. The van der Waals surface area contributed by atoms with E-state index in [1.54, 1.807) is 6.92 Å². The minimum Gasteiger partial charge on any atom is -0.477 e. The van der Waals surface area contributed by atoms with Crippen LogP contribution in [0.15, 0.2) is 28.8 Å². The number of aryl methyl sites for hydroxylation is 1. The standard InChI is InChI=1S/C18H23N5O3/c1-13-19-17(20-26-13)12-22-7-9-23(10-8-22)18(24)16-11-21(2)14-5-3-4-6-15(14)25-16/h3-6,16H,7-12H2,1-2H3/t16-/m0/s1. The molecule has 1 atom stereocenters. The number of hydrogen-bond acceptors (Lipinski definition) is 7. The second kappa shape index (κ2) is 6.95. The Kier molecular flexibility index (Phi) is 4.50. The maximum absolute atomic E-state index is 12.9. The molecule has 2 aliphatic rings. The second-order valence-corrected chi connectivity index (χ2v) is 6.79. The Hall–Kier alpha value is -2.61. The molecule has 0 unspecified atom stereocenters. The molecular weight excluding hydrogens is 334 g/mol. The van der Waals surface area contributed by atoms with Crippen LogP contribution in [0, 0.1) is 6.92 Å². The van der Waals surface area contributed by atoms with E-state index in [0.29, 0.717) is 37.9 Å². The molecule has 3 heterocycles. The molecule has 4 rings (SSSR count). The van der Waals surface area contributed by atoms with Crippen LogP contribution in [-0.4, -0.2) is 71.7 Å². The van der Waals surface area contributed by atoms with E-state index in [0.717, 1.165) is 24.5 Å². The van der Waals surface area contributed by atoms with Crippen LogP contribution in [0.4, 0.5) is 5.69 Å². The molecule has 0 saturated carbocycles. The van der Waals surface area contributed by atoms with Crippen LogP contribution in [0.1, 0.15) is 11.7 Å². The predicted molar refractivity (Wildman–Crippen MR) is 95.0 cm³/mol. The fourth-order valence-corrected chi connectivity index (χ4v) is 3.47. The lowest BCUT2D eigenvalue weighted by atomic mass is 10.1. The Bertz CT molecular complexity index is 785. The molecule has 2 aromatic rings. The first-order chi connectivity index (χ1) is 12.6. The zero-order chi connectivity index (χ0) is 18.1. The molecule has 0 radical (unpaired) electrons. The summed E-state index contributed by atoms with van der Waals surface area (Å²) >= 11 is 0. The zero-order valence-electron chi connectivity index (χ0n) is 15.1. The number of ether oxygens (including phenoxy) is 1. The number of carbonyl (C=O) groups is 1. The lowest BCUT2D eigenvalue weighted by Crippen LogP contribution is -2.55. The summed E-state index contributed by atoms with van der Waals surface area (Å²) in [7, 11) is 1.99. The van der Waals surface area contributed by atoms with Gasteiger partial charge in [0.15, 0.2) is 11.9 Å². The number of rotatable bonds is 3. The fourth-order valence-electron chi connectivity index (χ4n) is 3.47. The molecule has 0 aliphatic carbocycles. The molecule has 1 saturated heterocycles. The minimum absolute atomic E-state index is 0.0569. The maximum Gasteiger partial charge on any atom is 0.265 e. The molecule has 138 valence electrons. The molecule has 26 heavy (non-hydrogen) atoms. The summed E-state index contributed by atoms with van der Waals surface area (Å²) in [5.74, 6) is 2.09. The molecule has 8 nitrogen and oxygen atoms in total. The third kappa shape index (κ3) is 3.37. The van der Waals surface area contributed by atoms with Gasteiger partial charge >= 0.3 is 0 Å². The van der Waals surface area contributed by atoms with Crippen molar-refractivity contribution in [3.8, 4) is 5.75 Å². The van der Waals surface area contributed by atoms with Gasteiger partial charge in [-0.05, 0) is 12.1 Å². The van der Waals surface area contributed by atoms with Gasteiger partial charge in [0.05, 0.1) is 18.8 Å². The third-order valence-electron chi connectivity index (χ3n) is 4.88.